The number of nitrogens with zero attached hydrogens (tertiary/aromatic N) is 2. The third-order valence-corrected chi connectivity index (χ3v) is 8.35. The maximum atomic E-state index is 13.6. The highest BCUT2D eigenvalue weighted by molar-refractivity contribution is 7.92. The molecular formula is C33H34N4O6S. The van der Waals surface area contributed by atoms with Crippen LogP contribution in [0.25, 0.3) is 0 Å². The number of nitrogens with one attached hydrogen (secondary N) is 2. The molecule has 0 spiro atoms. The van der Waals surface area contributed by atoms with Gasteiger partial charge in [-0.3, -0.25) is 13.9 Å². The van der Waals surface area contributed by atoms with Gasteiger partial charge in [-0.25, -0.2) is 13.8 Å². The molecule has 2 N–H and O–H groups in total. The smallest absolute Gasteiger partial charge is 0.264 e. The van der Waals surface area contributed by atoms with Crippen LogP contribution in [0.15, 0.2) is 113 Å². The summed E-state index contributed by atoms with van der Waals surface area (Å²) in [6, 6.07) is 29.2. The molecule has 0 saturated carbocycles. The molecule has 1 unspecified atom stereocenters. The Labute approximate surface area is 257 Å². The van der Waals surface area contributed by atoms with E-state index in [4.69, 9.17) is 9.47 Å². The molecular weight excluding hydrogens is 580 g/mol. The van der Waals surface area contributed by atoms with E-state index in [0.29, 0.717) is 17.1 Å². The van der Waals surface area contributed by atoms with Crippen molar-refractivity contribution in [2.24, 2.45) is 5.10 Å². The summed E-state index contributed by atoms with van der Waals surface area (Å²) in [5, 5.41) is 6.87. The van der Waals surface area contributed by atoms with Crippen LogP contribution in [0.4, 0.5) is 5.69 Å². The molecule has 0 aliphatic carbocycles. The van der Waals surface area contributed by atoms with Gasteiger partial charge in [-0.15, -0.1) is 0 Å². The lowest BCUT2D eigenvalue weighted by molar-refractivity contribution is -0.123. The Morgan fingerprint density at radius 1 is 0.886 bits per heavy atom. The van der Waals surface area contributed by atoms with Crippen molar-refractivity contribution >= 4 is 33.7 Å². The standard InChI is InChI=1S/C33H34N4O6S/c1-24-13-19-29(20-14-24)44(40,41)37(30-11-7-8-12-31(30)42-3)22-32(38)36-34-21-26-15-17-28(18-16-26)43-23-33(39)35-25(2)27-9-5-4-6-10-27/h4-21,25H,22-23H2,1-3H3,(H,35,39)(H,36,38). The predicted octanol–water partition coefficient (Wildman–Crippen LogP) is 4.61. The van der Waals surface area contributed by atoms with Crippen molar-refractivity contribution in [1.82, 2.24) is 10.7 Å². The van der Waals surface area contributed by atoms with Crippen LogP contribution in [0.3, 0.4) is 0 Å². The topological polar surface area (TPSA) is 126 Å². The number of anilines is 1. The van der Waals surface area contributed by atoms with E-state index in [1.54, 1.807) is 60.7 Å². The van der Waals surface area contributed by atoms with Crippen LogP contribution in [0.2, 0.25) is 0 Å². The van der Waals surface area contributed by atoms with E-state index in [0.717, 1.165) is 15.4 Å². The second-order valence-corrected chi connectivity index (χ2v) is 11.7. The molecule has 0 fully saturated rings. The number of carbonyl (C=O) groups excluding carboxylic acids is 2. The van der Waals surface area contributed by atoms with Gasteiger partial charge < -0.3 is 14.8 Å². The number of hydrogen-bond donors (Lipinski definition) is 2. The van der Waals surface area contributed by atoms with Crippen LogP contribution in [0, 0.1) is 6.92 Å². The lowest BCUT2D eigenvalue weighted by Gasteiger charge is -2.25. The van der Waals surface area contributed by atoms with Crippen molar-refractivity contribution in [3.63, 3.8) is 0 Å². The maximum absolute atomic E-state index is 13.6. The van der Waals surface area contributed by atoms with E-state index in [9.17, 15) is 18.0 Å². The fraction of sp³-hybridized carbons (Fsp3) is 0.182. The monoisotopic (exact) mass is 614 g/mol. The molecule has 228 valence electrons. The summed E-state index contributed by atoms with van der Waals surface area (Å²) in [6.45, 7) is 3.08. The summed E-state index contributed by atoms with van der Waals surface area (Å²) in [5.74, 6) is -0.118. The van der Waals surface area contributed by atoms with Crippen molar-refractivity contribution in [3.8, 4) is 11.5 Å². The van der Waals surface area contributed by atoms with Crippen LogP contribution < -0.4 is 24.5 Å². The average molecular weight is 615 g/mol. The quantitative estimate of drug-likeness (QED) is 0.167. The van der Waals surface area contributed by atoms with Gasteiger partial charge in [0.25, 0.3) is 21.8 Å². The van der Waals surface area contributed by atoms with Crippen molar-refractivity contribution in [2.45, 2.75) is 24.8 Å². The highest BCUT2D eigenvalue weighted by Gasteiger charge is 2.29. The van der Waals surface area contributed by atoms with E-state index in [-0.39, 0.29) is 29.1 Å². The zero-order chi connectivity index (χ0) is 31.5. The van der Waals surface area contributed by atoms with Crippen LogP contribution in [-0.2, 0) is 19.6 Å². The van der Waals surface area contributed by atoms with Gasteiger partial charge in [0.05, 0.1) is 29.9 Å². The molecule has 0 bridgehead atoms. The molecule has 0 saturated heterocycles. The Morgan fingerprint density at radius 3 is 2.23 bits per heavy atom. The Balaban J connectivity index is 1.35. The Kier molecular flexibility index (Phi) is 10.7. The van der Waals surface area contributed by atoms with Crippen LogP contribution in [0.5, 0.6) is 11.5 Å². The zero-order valence-corrected chi connectivity index (χ0v) is 25.5. The molecule has 4 aromatic carbocycles. The summed E-state index contributed by atoms with van der Waals surface area (Å²) in [7, 11) is -2.69. The van der Waals surface area contributed by atoms with Crippen LogP contribution >= 0.6 is 0 Å². The molecule has 4 rings (SSSR count). The molecule has 0 aliphatic heterocycles. The fourth-order valence-corrected chi connectivity index (χ4v) is 5.66. The first-order valence-electron chi connectivity index (χ1n) is 13.8. The van der Waals surface area contributed by atoms with E-state index in [1.807, 2.05) is 44.2 Å². The zero-order valence-electron chi connectivity index (χ0n) is 24.6. The first-order chi connectivity index (χ1) is 21.2. The summed E-state index contributed by atoms with van der Waals surface area (Å²) in [4.78, 5) is 25.2. The molecule has 0 radical (unpaired) electrons. The van der Waals surface area contributed by atoms with Crippen LogP contribution in [-0.4, -0.2) is 46.7 Å². The highest BCUT2D eigenvalue weighted by Crippen LogP contribution is 2.32. The van der Waals surface area contributed by atoms with Gasteiger partial charge in [-0.1, -0.05) is 60.2 Å². The van der Waals surface area contributed by atoms with E-state index >= 15 is 0 Å². The van der Waals surface area contributed by atoms with Gasteiger partial charge in [0, 0.05) is 0 Å². The third kappa shape index (κ3) is 8.45. The number of methoxy groups -OCH3 is 1. The molecule has 0 heterocycles. The summed E-state index contributed by atoms with van der Waals surface area (Å²) < 4.78 is 39.2. The molecule has 4 aromatic rings. The van der Waals surface area contributed by atoms with Gasteiger partial charge in [0.2, 0.25) is 0 Å². The highest BCUT2D eigenvalue weighted by atomic mass is 32.2. The van der Waals surface area contributed by atoms with E-state index in [2.05, 4.69) is 15.8 Å². The van der Waals surface area contributed by atoms with Crippen molar-refractivity contribution in [1.29, 1.82) is 0 Å². The Morgan fingerprint density at radius 2 is 1.55 bits per heavy atom. The van der Waals surface area contributed by atoms with Gasteiger partial charge in [-0.2, -0.15) is 5.10 Å². The molecule has 0 aromatic heterocycles. The van der Waals surface area contributed by atoms with Crippen LogP contribution in [0.1, 0.15) is 29.7 Å². The van der Waals surface area contributed by atoms with Crippen molar-refractivity contribution < 1.29 is 27.5 Å². The number of sulfonamides is 1. The lowest BCUT2D eigenvalue weighted by Crippen LogP contribution is -2.39. The number of carbonyl (C=O) groups is 2. The first-order valence-corrected chi connectivity index (χ1v) is 15.2. The number of rotatable bonds is 13. The number of hydrazone groups is 1. The molecule has 1 atom stereocenters. The Hall–Kier alpha value is -5.16. The first kappa shape index (κ1) is 31.8. The maximum Gasteiger partial charge on any atom is 0.264 e. The molecule has 0 aliphatic rings. The second-order valence-electron chi connectivity index (χ2n) is 9.85. The predicted molar refractivity (Wildman–Crippen MR) is 169 cm³/mol. The largest absolute Gasteiger partial charge is 0.495 e. The lowest BCUT2D eigenvalue weighted by atomic mass is 10.1. The van der Waals surface area contributed by atoms with Crippen molar-refractivity contribution in [2.75, 3.05) is 24.6 Å². The molecule has 2 amide bonds. The van der Waals surface area contributed by atoms with E-state index in [1.165, 1.54) is 25.5 Å². The second kappa shape index (κ2) is 14.8. The molecule has 10 nitrogen and oxygen atoms in total. The average Bonchev–Trinajstić information content (AvgIpc) is 3.03. The normalized spacial score (nSPS) is 11.9. The number of hydrogen-bond acceptors (Lipinski definition) is 7. The number of aryl methyl sites for hydroxylation is 1. The number of para-hydroxylation sites is 2. The fourth-order valence-electron chi connectivity index (χ4n) is 4.22. The number of amides is 2. The van der Waals surface area contributed by atoms with Gasteiger partial charge in [0.1, 0.15) is 18.0 Å². The summed E-state index contributed by atoms with van der Waals surface area (Å²) >= 11 is 0. The minimum absolute atomic E-state index is 0.0378. The number of benzene rings is 4. The molecule has 11 heteroatoms. The third-order valence-electron chi connectivity index (χ3n) is 6.58. The minimum Gasteiger partial charge on any atom is -0.495 e. The van der Waals surface area contributed by atoms with Gasteiger partial charge in [0.15, 0.2) is 6.61 Å². The SMILES string of the molecule is COc1ccccc1N(CC(=O)NN=Cc1ccc(OCC(=O)NC(C)c2ccccc2)cc1)S(=O)(=O)c1ccc(C)cc1. The molecule has 44 heavy (non-hydrogen) atoms. The van der Waals surface area contributed by atoms with Gasteiger partial charge >= 0.3 is 0 Å². The summed E-state index contributed by atoms with van der Waals surface area (Å²) in [5.41, 5.74) is 5.15. The minimum atomic E-state index is -4.12. The van der Waals surface area contributed by atoms with Gasteiger partial charge in [-0.05, 0) is 73.5 Å². The summed E-state index contributed by atoms with van der Waals surface area (Å²) in [6.07, 6.45) is 1.41. The number of ether oxygens (including phenoxy) is 2. The van der Waals surface area contributed by atoms with Crippen molar-refractivity contribution in [3.05, 3.63) is 120 Å². The van der Waals surface area contributed by atoms with E-state index < -0.39 is 22.5 Å². The Bertz CT molecular complexity index is 1690.